The number of aromatic nitrogens is 3. The Bertz CT molecular complexity index is 988. The van der Waals surface area contributed by atoms with Crippen LogP contribution in [0, 0.1) is 0 Å². The van der Waals surface area contributed by atoms with Crippen molar-refractivity contribution in [2.75, 3.05) is 7.11 Å². The first-order valence-electron chi connectivity index (χ1n) is 9.21. The van der Waals surface area contributed by atoms with Crippen molar-refractivity contribution >= 4 is 29.1 Å². The van der Waals surface area contributed by atoms with Crippen molar-refractivity contribution in [3.8, 4) is 22.8 Å². The fraction of sp³-hybridized carbons (Fsp3) is 0.286. The van der Waals surface area contributed by atoms with Gasteiger partial charge in [0.2, 0.25) is 0 Å². The van der Waals surface area contributed by atoms with Gasteiger partial charge < -0.3 is 4.74 Å². The van der Waals surface area contributed by atoms with Gasteiger partial charge in [-0.2, -0.15) is 0 Å². The van der Waals surface area contributed by atoms with Gasteiger partial charge in [-0.3, -0.25) is 9.36 Å². The third-order valence-electron chi connectivity index (χ3n) is 4.79. The standard InChI is InChI=1S/C21H20ClN3O2S/c1-27-17-6-4-5-14(13-17)20-23-24-21(28-19-8-3-2-7-18(19)26)25(20)16-11-9-15(22)10-12-16/h4-6,9-13,19H,2-3,7-8H2,1H3/t19-/m1/s1. The van der Waals surface area contributed by atoms with Crippen LogP contribution >= 0.6 is 23.4 Å². The summed E-state index contributed by atoms with van der Waals surface area (Å²) in [6.45, 7) is 0. The highest BCUT2D eigenvalue weighted by Gasteiger charge is 2.27. The molecule has 3 aromatic rings. The molecule has 5 nitrogen and oxygen atoms in total. The lowest BCUT2D eigenvalue weighted by Crippen LogP contribution is -2.21. The molecule has 0 amide bonds. The summed E-state index contributed by atoms with van der Waals surface area (Å²) in [5.74, 6) is 1.75. The summed E-state index contributed by atoms with van der Waals surface area (Å²) in [5, 5.41) is 10.2. The van der Waals surface area contributed by atoms with Gasteiger partial charge >= 0.3 is 0 Å². The molecular formula is C21H20ClN3O2S. The van der Waals surface area contributed by atoms with Crippen molar-refractivity contribution in [1.29, 1.82) is 0 Å². The summed E-state index contributed by atoms with van der Waals surface area (Å²) < 4.78 is 7.34. The summed E-state index contributed by atoms with van der Waals surface area (Å²) in [6, 6.07) is 15.3. The highest BCUT2D eigenvalue weighted by atomic mass is 35.5. The molecular weight excluding hydrogens is 394 g/mol. The van der Waals surface area contributed by atoms with Crippen LogP contribution < -0.4 is 4.74 Å². The Balaban J connectivity index is 1.79. The van der Waals surface area contributed by atoms with Crippen LogP contribution in [0.5, 0.6) is 5.75 Å². The van der Waals surface area contributed by atoms with E-state index in [4.69, 9.17) is 16.3 Å². The summed E-state index contributed by atoms with van der Waals surface area (Å²) in [7, 11) is 1.64. The zero-order chi connectivity index (χ0) is 19.5. The molecule has 0 unspecified atom stereocenters. The average Bonchev–Trinajstić information content (AvgIpc) is 3.14. The molecule has 0 radical (unpaired) electrons. The first-order chi connectivity index (χ1) is 13.7. The molecule has 0 bridgehead atoms. The van der Waals surface area contributed by atoms with Gasteiger partial charge in [0.15, 0.2) is 11.0 Å². The van der Waals surface area contributed by atoms with Gasteiger partial charge in [-0.05, 0) is 49.2 Å². The van der Waals surface area contributed by atoms with Crippen molar-refractivity contribution < 1.29 is 9.53 Å². The van der Waals surface area contributed by atoms with Crippen LogP contribution in [0.15, 0.2) is 53.7 Å². The van der Waals surface area contributed by atoms with Gasteiger partial charge in [-0.25, -0.2) is 0 Å². The Kier molecular flexibility index (Phi) is 5.69. The Labute approximate surface area is 173 Å². The van der Waals surface area contributed by atoms with Crippen molar-refractivity contribution in [3.63, 3.8) is 0 Å². The van der Waals surface area contributed by atoms with Gasteiger partial charge in [0, 0.05) is 22.7 Å². The minimum absolute atomic E-state index is 0.0674. The first kappa shape index (κ1) is 19.0. The van der Waals surface area contributed by atoms with Gasteiger partial charge in [0.25, 0.3) is 0 Å². The van der Waals surface area contributed by atoms with Crippen LogP contribution in [0.25, 0.3) is 17.1 Å². The number of benzene rings is 2. The molecule has 0 saturated heterocycles. The lowest BCUT2D eigenvalue weighted by Gasteiger charge is -2.20. The fourth-order valence-corrected chi connectivity index (χ4v) is 4.62. The summed E-state index contributed by atoms with van der Waals surface area (Å²) in [5.41, 5.74) is 1.79. The zero-order valence-electron chi connectivity index (χ0n) is 15.5. The van der Waals surface area contributed by atoms with Crippen LogP contribution in [0.2, 0.25) is 5.02 Å². The summed E-state index contributed by atoms with van der Waals surface area (Å²) >= 11 is 7.58. The largest absolute Gasteiger partial charge is 0.497 e. The molecule has 4 rings (SSSR count). The molecule has 1 saturated carbocycles. The number of thioether (sulfide) groups is 1. The van der Waals surface area contributed by atoms with Crippen LogP contribution in [-0.2, 0) is 4.79 Å². The van der Waals surface area contributed by atoms with Crippen LogP contribution in [0.4, 0.5) is 0 Å². The Morgan fingerprint density at radius 2 is 1.96 bits per heavy atom. The molecule has 7 heteroatoms. The topological polar surface area (TPSA) is 57.0 Å². The number of rotatable bonds is 5. The maximum atomic E-state index is 12.3. The van der Waals surface area contributed by atoms with E-state index in [2.05, 4.69) is 10.2 Å². The molecule has 2 aromatic carbocycles. The molecule has 0 N–H and O–H groups in total. The van der Waals surface area contributed by atoms with Gasteiger partial charge in [-0.15, -0.1) is 10.2 Å². The molecule has 1 aliphatic carbocycles. The Morgan fingerprint density at radius 3 is 2.71 bits per heavy atom. The van der Waals surface area contributed by atoms with E-state index in [9.17, 15) is 4.79 Å². The second-order valence-electron chi connectivity index (χ2n) is 6.67. The smallest absolute Gasteiger partial charge is 0.196 e. The molecule has 144 valence electrons. The van der Waals surface area contributed by atoms with E-state index in [1.807, 2.05) is 53.1 Å². The predicted octanol–water partition coefficient (Wildman–Crippen LogP) is 5.20. The molecule has 0 spiro atoms. The molecule has 28 heavy (non-hydrogen) atoms. The quantitative estimate of drug-likeness (QED) is 0.575. The maximum Gasteiger partial charge on any atom is 0.196 e. The van der Waals surface area contributed by atoms with Crippen LogP contribution in [-0.4, -0.2) is 32.9 Å². The van der Waals surface area contributed by atoms with E-state index >= 15 is 0 Å². The van der Waals surface area contributed by atoms with Gasteiger partial charge in [0.05, 0.1) is 12.4 Å². The Morgan fingerprint density at radius 1 is 1.14 bits per heavy atom. The van der Waals surface area contributed by atoms with E-state index in [0.717, 1.165) is 36.3 Å². The number of methoxy groups -OCH3 is 1. The first-order valence-corrected chi connectivity index (χ1v) is 10.5. The second-order valence-corrected chi connectivity index (χ2v) is 8.27. The minimum atomic E-state index is -0.0674. The molecule has 0 aliphatic heterocycles. The number of nitrogens with zero attached hydrogens (tertiary/aromatic N) is 3. The molecule has 1 fully saturated rings. The Hall–Kier alpha value is -2.31. The number of carbonyl (C=O) groups is 1. The molecule has 1 heterocycles. The minimum Gasteiger partial charge on any atom is -0.497 e. The second kappa shape index (κ2) is 8.37. The summed E-state index contributed by atoms with van der Waals surface area (Å²) in [4.78, 5) is 12.3. The number of Topliss-reactive ketones (excluding diaryl/α,β-unsaturated/α-hetero) is 1. The van der Waals surface area contributed by atoms with E-state index in [-0.39, 0.29) is 5.25 Å². The zero-order valence-corrected chi connectivity index (χ0v) is 17.0. The van der Waals surface area contributed by atoms with E-state index in [0.29, 0.717) is 28.2 Å². The number of halogens is 1. The lowest BCUT2D eigenvalue weighted by atomic mass is 9.99. The number of ether oxygens (including phenoxy) is 1. The molecule has 1 aromatic heterocycles. The third-order valence-corrected chi connectivity index (χ3v) is 6.30. The number of hydrogen-bond acceptors (Lipinski definition) is 5. The van der Waals surface area contributed by atoms with E-state index < -0.39 is 0 Å². The lowest BCUT2D eigenvalue weighted by molar-refractivity contribution is -0.119. The number of ketones is 1. The van der Waals surface area contributed by atoms with Crippen molar-refractivity contribution in [1.82, 2.24) is 14.8 Å². The van der Waals surface area contributed by atoms with Crippen molar-refractivity contribution in [3.05, 3.63) is 53.6 Å². The maximum absolute atomic E-state index is 12.3. The van der Waals surface area contributed by atoms with Gasteiger partial charge in [-0.1, -0.05) is 41.9 Å². The van der Waals surface area contributed by atoms with E-state index in [1.165, 1.54) is 11.8 Å². The molecule has 1 aliphatic rings. The van der Waals surface area contributed by atoms with Crippen LogP contribution in [0.1, 0.15) is 25.7 Å². The number of hydrogen-bond donors (Lipinski definition) is 0. The average molecular weight is 414 g/mol. The number of carbonyl (C=O) groups excluding carboxylic acids is 1. The predicted molar refractivity (Wildman–Crippen MR) is 111 cm³/mol. The van der Waals surface area contributed by atoms with Crippen molar-refractivity contribution in [2.45, 2.75) is 36.1 Å². The highest BCUT2D eigenvalue weighted by Crippen LogP contribution is 2.35. The van der Waals surface area contributed by atoms with E-state index in [1.54, 1.807) is 7.11 Å². The highest BCUT2D eigenvalue weighted by molar-refractivity contribution is 8.00. The fourth-order valence-electron chi connectivity index (χ4n) is 3.32. The molecule has 1 atom stereocenters. The third kappa shape index (κ3) is 3.93. The normalized spacial score (nSPS) is 16.9. The van der Waals surface area contributed by atoms with Gasteiger partial charge in [0.1, 0.15) is 11.5 Å². The summed E-state index contributed by atoms with van der Waals surface area (Å²) in [6.07, 6.45) is 3.58. The SMILES string of the molecule is COc1cccc(-c2nnc(S[C@@H]3CCCCC3=O)n2-c2ccc(Cl)cc2)c1. The monoisotopic (exact) mass is 413 g/mol. The van der Waals surface area contributed by atoms with Crippen molar-refractivity contribution in [2.24, 2.45) is 0 Å². The van der Waals surface area contributed by atoms with Crippen LogP contribution in [0.3, 0.4) is 0 Å².